The van der Waals surface area contributed by atoms with Crippen molar-refractivity contribution in [2.75, 3.05) is 21.0 Å². The predicted molar refractivity (Wildman–Crippen MR) is 67.4 cm³/mol. The molecule has 1 aliphatic rings. The van der Waals surface area contributed by atoms with Crippen LogP contribution in [0.1, 0.15) is 33.1 Å². The molecular weight excluding hydrogens is 222 g/mol. The Morgan fingerprint density at radius 1 is 1.53 bits per heavy atom. The minimum Gasteiger partial charge on any atom is -0.466 e. The van der Waals surface area contributed by atoms with Crippen LogP contribution in [-0.4, -0.2) is 38.1 Å². The number of esters is 1. The second kappa shape index (κ2) is 13.2. The molecule has 5 nitrogen and oxygen atoms in total. The van der Waals surface area contributed by atoms with Gasteiger partial charge in [0, 0.05) is 18.7 Å². The minimum atomic E-state index is -0.211. The van der Waals surface area contributed by atoms with E-state index in [4.69, 9.17) is 10.8 Å². The molecule has 102 valence electrons. The molecule has 1 atom stereocenters. The quantitative estimate of drug-likeness (QED) is 0.566. The van der Waals surface area contributed by atoms with Gasteiger partial charge in [0.2, 0.25) is 0 Å². The summed E-state index contributed by atoms with van der Waals surface area (Å²) in [6.07, 6.45) is 4.32. The van der Waals surface area contributed by atoms with Crippen LogP contribution in [0.5, 0.6) is 0 Å². The number of aliphatic hydroxyl groups is 1. The monoisotopic (exact) mass is 247 g/mol. The van der Waals surface area contributed by atoms with E-state index in [9.17, 15) is 4.79 Å². The number of carbonyl (C=O) groups excluding carboxylic acids is 1. The third-order valence-electron chi connectivity index (χ3n) is 2.03. The maximum Gasteiger partial charge on any atom is 0.333 e. The molecule has 5 heteroatoms. The maximum absolute atomic E-state index is 10.9. The Kier molecular flexibility index (Phi) is 14.3. The normalized spacial score (nSPS) is 17.8. The van der Waals surface area contributed by atoms with Crippen molar-refractivity contribution in [3.05, 3.63) is 11.6 Å². The molecule has 0 heterocycles. The molecule has 0 aliphatic heterocycles. The molecule has 0 fully saturated rings. The van der Waals surface area contributed by atoms with Gasteiger partial charge in [-0.15, -0.1) is 0 Å². The standard InChI is InChI=1S/C8H13NO2.C2H6O2.C2H6/c1-11-8(10)6-2-4-7(9)5-3-6;1-4-2-3;1-2/h2,7H,3-5,9H2,1H3;3H,2H2,1H3;1-2H3. The summed E-state index contributed by atoms with van der Waals surface area (Å²) >= 11 is 0. The molecule has 0 bridgehead atoms. The van der Waals surface area contributed by atoms with Gasteiger partial charge in [0.15, 0.2) is 0 Å². The van der Waals surface area contributed by atoms with Crippen molar-refractivity contribution in [1.82, 2.24) is 0 Å². The predicted octanol–water partition coefficient (Wildman–Crippen LogP) is 1.21. The van der Waals surface area contributed by atoms with E-state index in [0.717, 1.165) is 24.8 Å². The van der Waals surface area contributed by atoms with Gasteiger partial charge in [-0.2, -0.15) is 0 Å². The number of aliphatic hydroxyl groups excluding tert-OH is 1. The minimum absolute atomic E-state index is 0.181. The number of hydrogen-bond acceptors (Lipinski definition) is 5. The lowest BCUT2D eigenvalue weighted by atomic mass is 9.96. The fourth-order valence-corrected chi connectivity index (χ4v) is 1.17. The molecule has 1 aliphatic carbocycles. The topological polar surface area (TPSA) is 81.8 Å². The highest BCUT2D eigenvalue weighted by Gasteiger charge is 2.15. The maximum atomic E-state index is 10.9. The first kappa shape index (κ1) is 18.5. The van der Waals surface area contributed by atoms with E-state index < -0.39 is 0 Å². The Hall–Kier alpha value is -0.910. The van der Waals surface area contributed by atoms with Crippen LogP contribution in [-0.2, 0) is 14.3 Å². The molecule has 1 unspecified atom stereocenters. The Bertz CT molecular complexity index is 215. The molecule has 1 rings (SSSR count). The largest absolute Gasteiger partial charge is 0.466 e. The highest BCUT2D eigenvalue weighted by atomic mass is 16.6. The van der Waals surface area contributed by atoms with Gasteiger partial charge in [0.25, 0.3) is 0 Å². The van der Waals surface area contributed by atoms with Crippen LogP contribution >= 0.6 is 0 Å². The van der Waals surface area contributed by atoms with Gasteiger partial charge in [-0.05, 0) is 19.3 Å². The van der Waals surface area contributed by atoms with Gasteiger partial charge >= 0.3 is 5.97 Å². The van der Waals surface area contributed by atoms with Crippen LogP contribution in [0.25, 0.3) is 0 Å². The number of ether oxygens (including phenoxy) is 2. The number of methoxy groups -OCH3 is 2. The third kappa shape index (κ3) is 9.99. The van der Waals surface area contributed by atoms with E-state index in [1.54, 1.807) is 0 Å². The smallest absolute Gasteiger partial charge is 0.333 e. The summed E-state index contributed by atoms with van der Waals surface area (Å²) in [4.78, 5) is 10.9. The molecule has 0 radical (unpaired) electrons. The van der Waals surface area contributed by atoms with E-state index in [0.29, 0.717) is 0 Å². The van der Waals surface area contributed by atoms with Crippen LogP contribution in [0.4, 0.5) is 0 Å². The summed E-state index contributed by atoms with van der Waals surface area (Å²) < 4.78 is 8.67. The number of nitrogens with two attached hydrogens (primary N) is 1. The zero-order valence-corrected chi connectivity index (χ0v) is 11.2. The summed E-state index contributed by atoms with van der Waals surface area (Å²) in [5.74, 6) is -0.211. The lowest BCUT2D eigenvalue weighted by molar-refractivity contribution is -0.136. The fraction of sp³-hybridized carbons (Fsp3) is 0.750. The first-order chi connectivity index (χ1) is 8.15. The lowest BCUT2D eigenvalue weighted by Crippen LogP contribution is -2.23. The summed E-state index contributed by atoms with van der Waals surface area (Å²) in [5, 5.41) is 7.65. The Morgan fingerprint density at radius 2 is 2.06 bits per heavy atom. The van der Waals surface area contributed by atoms with E-state index in [-0.39, 0.29) is 18.8 Å². The van der Waals surface area contributed by atoms with E-state index in [2.05, 4.69) is 9.47 Å². The van der Waals surface area contributed by atoms with Crippen LogP contribution in [0.3, 0.4) is 0 Å². The third-order valence-corrected chi connectivity index (χ3v) is 2.03. The molecule has 0 aromatic heterocycles. The molecule has 3 N–H and O–H groups in total. The summed E-state index contributed by atoms with van der Waals surface area (Å²) in [6, 6.07) is 0.225. The summed E-state index contributed by atoms with van der Waals surface area (Å²) in [5.41, 5.74) is 6.41. The molecule has 0 spiro atoms. The molecule has 0 saturated carbocycles. The van der Waals surface area contributed by atoms with E-state index >= 15 is 0 Å². The number of hydrogen-bond donors (Lipinski definition) is 2. The summed E-state index contributed by atoms with van der Waals surface area (Å²) in [7, 11) is 2.83. The first-order valence-corrected chi connectivity index (χ1v) is 5.78. The Balaban J connectivity index is 0. The molecule has 0 saturated heterocycles. The van der Waals surface area contributed by atoms with Gasteiger partial charge in [-0.25, -0.2) is 4.79 Å². The zero-order valence-electron chi connectivity index (χ0n) is 11.2. The zero-order chi connectivity index (χ0) is 13.7. The molecule has 0 amide bonds. The fourth-order valence-electron chi connectivity index (χ4n) is 1.17. The number of rotatable bonds is 2. The highest BCUT2D eigenvalue weighted by molar-refractivity contribution is 5.88. The van der Waals surface area contributed by atoms with E-state index in [1.807, 2.05) is 19.9 Å². The lowest BCUT2D eigenvalue weighted by Gasteiger charge is -2.16. The van der Waals surface area contributed by atoms with E-state index in [1.165, 1.54) is 14.2 Å². The van der Waals surface area contributed by atoms with Crippen LogP contribution < -0.4 is 5.73 Å². The highest BCUT2D eigenvalue weighted by Crippen LogP contribution is 2.17. The van der Waals surface area contributed by atoms with Crippen LogP contribution in [0, 0.1) is 0 Å². The second-order valence-electron chi connectivity index (χ2n) is 3.17. The molecular formula is C12H25NO4. The van der Waals surface area contributed by atoms with Gasteiger partial charge in [0.1, 0.15) is 6.79 Å². The van der Waals surface area contributed by atoms with Gasteiger partial charge in [-0.1, -0.05) is 19.9 Å². The van der Waals surface area contributed by atoms with Crippen molar-refractivity contribution < 1.29 is 19.4 Å². The van der Waals surface area contributed by atoms with Gasteiger partial charge < -0.3 is 20.3 Å². The second-order valence-corrected chi connectivity index (χ2v) is 3.17. The number of carbonyl (C=O) groups is 1. The van der Waals surface area contributed by atoms with Gasteiger partial charge in [0.05, 0.1) is 7.11 Å². The average molecular weight is 247 g/mol. The average Bonchev–Trinajstić information content (AvgIpc) is 2.41. The molecule has 17 heavy (non-hydrogen) atoms. The van der Waals surface area contributed by atoms with Gasteiger partial charge in [-0.3, -0.25) is 0 Å². The first-order valence-electron chi connectivity index (χ1n) is 5.78. The molecule has 0 aromatic carbocycles. The van der Waals surface area contributed by atoms with Crippen molar-refractivity contribution in [3.63, 3.8) is 0 Å². The van der Waals surface area contributed by atoms with Crippen molar-refractivity contribution in [1.29, 1.82) is 0 Å². The van der Waals surface area contributed by atoms with Crippen molar-refractivity contribution in [2.45, 2.75) is 39.2 Å². The van der Waals surface area contributed by atoms with Crippen molar-refractivity contribution >= 4 is 5.97 Å². The van der Waals surface area contributed by atoms with Crippen LogP contribution in [0.2, 0.25) is 0 Å². The van der Waals surface area contributed by atoms with Crippen LogP contribution in [0.15, 0.2) is 11.6 Å². The SMILES string of the molecule is CC.COC(=O)C1=CCC(N)CC1.COCO. The summed E-state index contributed by atoms with van der Waals surface area (Å²) in [6.45, 7) is 3.82. The van der Waals surface area contributed by atoms with Crippen molar-refractivity contribution in [3.8, 4) is 0 Å². The molecule has 0 aromatic rings. The Morgan fingerprint density at radius 3 is 2.35 bits per heavy atom. The van der Waals surface area contributed by atoms with Crippen molar-refractivity contribution in [2.24, 2.45) is 5.73 Å². The Labute approximate surface area is 104 Å².